The molecule has 1 amide bonds. The zero-order valence-corrected chi connectivity index (χ0v) is 12.9. The van der Waals surface area contributed by atoms with Crippen LogP contribution in [0.15, 0.2) is 61.2 Å². The average molecular weight is 340 g/mol. The second kappa shape index (κ2) is 6.91. The van der Waals surface area contributed by atoms with Crippen LogP contribution in [0.3, 0.4) is 0 Å². The first kappa shape index (κ1) is 16.3. The molecule has 0 saturated carbocycles. The second-order valence-electron chi connectivity index (χ2n) is 5.20. The minimum Gasteiger partial charge on any atom is -0.348 e. The van der Waals surface area contributed by atoms with Gasteiger partial charge in [0.2, 0.25) is 0 Å². The van der Waals surface area contributed by atoms with E-state index in [0.29, 0.717) is 11.3 Å². The summed E-state index contributed by atoms with van der Waals surface area (Å²) in [4.78, 5) is 26.8. The zero-order chi connectivity index (χ0) is 17.8. The smallest absolute Gasteiger partial charge is 0.294 e. The number of nitro groups is 1. The van der Waals surface area contributed by atoms with Gasteiger partial charge in [-0.1, -0.05) is 18.2 Å². The summed E-state index contributed by atoms with van der Waals surface area (Å²) < 4.78 is 15.1. The van der Waals surface area contributed by atoms with E-state index in [1.165, 1.54) is 41.4 Å². The molecule has 1 aromatic heterocycles. The highest BCUT2D eigenvalue weighted by Crippen LogP contribution is 2.24. The summed E-state index contributed by atoms with van der Waals surface area (Å²) in [6.07, 6.45) is 4.50. The average Bonchev–Trinajstić information content (AvgIpc) is 3.14. The second-order valence-corrected chi connectivity index (χ2v) is 5.20. The predicted molar refractivity (Wildman–Crippen MR) is 87.8 cm³/mol. The number of carbonyl (C=O) groups excluding carboxylic acids is 1. The zero-order valence-electron chi connectivity index (χ0n) is 12.9. The molecule has 0 aliphatic heterocycles. The van der Waals surface area contributed by atoms with Crippen LogP contribution in [0.1, 0.15) is 15.9 Å². The molecule has 0 saturated heterocycles. The van der Waals surface area contributed by atoms with Gasteiger partial charge in [-0.05, 0) is 18.2 Å². The molecule has 0 radical (unpaired) electrons. The van der Waals surface area contributed by atoms with Gasteiger partial charge < -0.3 is 9.88 Å². The van der Waals surface area contributed by atoms with Crippen molar-refractivity contribution in [1.82, 2.24) is 14.9 Å². The van der Waals surface area contributed by atoms with Crippen LogP contribution >= 0.6 is 0 Å². The maximum atomic E-state index is 13.6. The summed E-state index contributed by atoms with van der Waals surface area (Å²) >= 11 is 0. The fraction of sp³-hybridized carbons (Fsp3) is 0.0588. The van der Waals surface area contributed by atoms with Crippen molar-refractivity contribution >= 4 is 11.6 Å². The molecule has 8 heteroatoms. The molecule has 0 bridgehead atoms. The number of nitro benzene ring substituents is 1. The summed E-state index contributed by atoms with van der Waals surface area (Å²) in [6, 6.07) is 10.2. The third-order valence-corrected chi connectivity index (χ3v) is 3.61. The van der Waals surface area contributed by atoms with Gasteiger partial charge in [0.15, 0.2) is 0 Å². The predicted octanol–water partition coefficient (Wildman–Crippen LogP) is 2.85. The maximum absolute atomic E-state index is 13.6. The van der Waals surface area contributed by atoms with E-state index >= 15 is 0 Å². The number of aromatic nitrogens is 2. The van der Waals surface area contributed by atoms with Gasteiger partial charge in [0.1, 0.15) is 11.5 Å². The SMILES string of the molecule is O=C(NCc1ccccc1F)c1ccc(-n2ccnc2)c([N+](=O)[O-])c1. The summed E-state index contributed by atoms with van der Waals surface area (Å²) in [5.41, 5.74) is 0.525. The Morgan fingerprint density at radius 2 is 2.08 bits per heavy atom. The first-order valence-corrected chi connectivity index (χ1v) is 7.34. The van der Waals surface area contributed by atoms with Crippen molar-refractivity contribution in [2.75, 3.05) is 0 Å². The Bertz CT molecular complexity index is 925. The molecular formula is C17H13FN4O3. The highest BCUT2D eigenvalue weighted by Gasteiger charge is 2.18. The van der Waals surface area contributed by atoms with Gasteiger partial charge in [-0.3, -0.25) is 14.9 Å². The van der Waals surface area contributed by atoms with Gasteiger partial charge in [0, 0.05) is 36.1 Å². The monoisotopic (exact) mass is 340 g/mol. The fourth-order valence-corrected chi connectivity index (χ4v) is 2.35. The Labute approximate surface area is 141 Å². The van der Waals surface area contributed by atoms with E-state index in [4.69, 9.17) is 0 Å². The number of amides is 1. The largest absolute Gasteiger partial charge is 0.348 e. The van der Waals surface area contributed by atoms with E-state index in [-0.39, 0.29) is 17.8 Å². The van der Waals surface area contributed by atoms with Gasteiger partial charge in [0.05, 0.1) is 11.3 Å². The molecule has 0 aliphatic rings. The number of rotatable bonds is 5. The summed E-state index contributed by atoms with van der Waals surface area (Å²) in [7, 11) is 0. The minimum absolute atomic E-state index is 0.0113. The highest BCUT2D eigenvalue weighted by molar-refractivity contribution is 5.95. The maximum Gasteiger partial charge on any atom is 0.294 e. The van der Waals surface area contributed by atoms with Crippen LogP contribution in [0.4, 0.5) is 10.1 Å². The molecule has 25 heavy (non-hydrogen) atoms. The van der Waals surface area contributed by atoms with E-state index in [0.717, 1.165) is 0 Å². The van der Waals surface area contributed by atoms with Gasteiger partial charge >= 0.3 is 0 Å². The number of nitrogens with zero attached hydrogens (tertiary/aromatic N) is 3. The molecule has 7 nitrogen and oxygen atoms in total. The molecular weight excluding hydrogens is 327 g/mol. The Morgan fingerprint density at radius 3 is 2.76 bits per heavy atom. The number of benzene rings is 2. The summed E-state index contributed by atoms with van der Waals surface area (Å²) in [6.45, 7) is -0.0113. The van der Waals surface area contributed by atoms with Crippen LogP contribution < -0.4 is 5.32 Å². The van der Waals surface area contributed by atoms with Crippen molar-refractivity contribution < 1.29 is 14.1 Å². The Balaban J connectivity index is 1.82. The molecule has 126 valence electrons. The quantitative estimate of drug-likeness (QED) is 0.571. The molecule has 0 aliphatic carbocycles. The van der Waals surface area contributed by atoms with Gasteiger partial charge in [-0.2, -0.15) is 0 Å². The molecule has 0 spiro atoms. The van der Waals surface area contributed by atoms with Crippen LogP contribution in [0, 0.1) is 15.9 Å². The van der Waals surface area contributed by atoms with Crippen molar-refractivity contribution in [2.45, 2.75) is 6.54 Å². The molecule has 3 rings (SSSR count). The Kier molecular flexibility index (Phi) is 4.51. The third-order valence-electron chi connectivity index (χ3n) is 3.61. The Morgan fingerprint density at radius 1 is 1.28 bits per heavy atom. The molecule has 3 aromatic rings. The molecule has 1 heterocycles. The van der Waals surface area contributed by atoms with E-state index in [2.05, 4.69) is 10.3 Å². The molecule has 0 unspecified atom stereocenters. The molecule has 0 fully saturated rings. The minimum atomic E-state index is -0.566. The van der Waals surface area contributed by atoms with Crippen LogP contribution in [0.25, 0.3) is 5.69 Å². The number of hydrogen-bond acceptors (Lipinski definition) is 4. The number of halogens is 1. The van der Waals surface area contributed by atoms with E-state index < -0.39 is 16.6 Å². The lowest BCUT2D eigenvalue weighted by Gasteiger charge is -2.08. The van der Waals surface area contributed by atoms with E-state index in [1.54, 1.807) is 24.4 Å². The van der Waals surface area contributed by atoms with E-state index in [1.807, 2.05) is 0 Å². The van der Waals surface area contributed by atoms with Crippen molar-refractivity contribution in [3.8, 4) is 5.69 Å². The topological polar surface area (TPSA) is 90.1 Å². The molecule has 0 atom stereocenters. The van der Waals surface area contributed by atoms with Gasteiger partial charge in [-0.25, -0.2) is 9.37 Å². The van der Waals surface area contributed by atoms with Crippen molar-refractivity contribution in [1.29, 1.82) is 0 Å². The van der Waals surface area contributed by atoms with E-state index in [9.17, 15) is 19.3 Å². The lowest BCUT2D eigenvalue weighted by Crippen LogP contribution is -2.23. The van der Waals surface area contributed by atoms with Crippen LogP contribution in [0.5, 0.6) is 0 Å². The number of carbonyl (C=O) groups is 1. The molecule has 1 N–H and O–H groups in total. The first-order chi connectivity index (χ1) is 12.1. The lowest BCUT2D eigenvalue weighted by atomic mass is 10.1. The first-order valence-electron chi connectivity index (χ1n) is 7.34. The summed E-state index contributed by atoms with van der Waals surface area (Å²) in [5, 5.41) is 13.9. The van der Waals surface area contributed by atoms with Crippen molar-refractivity contribution in [2.24, 2.45) is 0 Å². The Hall–Kier alpha value is -3.55. The van der Waals surface area contributed by atoms with Crippen LogP contribution in [-0.4, -0.2) is 20.4 Å². The third kappa shape index (κ3) is 3.52. The van der Waals surface area contributed by atoms with Crippen molar-refractivity contribution in [3.05, 3.63) is 88.2 Å². The number of nitrogens with one attached hydrogen (secondary N) is 1. The van der Waals surface area contributed by atoms with Gasteiger partial charge in [0.25, 0.3) is 11.6 Å². The lowest BCUT2D eigenvalue weighted by molar-refractivity contribution is -0.384. The standard InChI is InChI=1S/C17H13FN4O3/c18-14-4-2-1-3-13(14)10-20-17(23)12-5-6-15(16(9-12)22(24)25)21-8-7-19-11-21/h1-9,11H,10H2,(H,20,23). The fourth-order valence-electron chi connectivity index (χ4n) is 2.35. The summed E-state index contributed by atoms with van der Waals surface area (Å²) in [5.74, 6) is -0.951. The molecule has 2 aromatic carbocycles. The van der Waals surface area contributed by atoms with Crippen LogP contribution in [-0.2, 0) is 6.54 Å². The van der Waals surface area contributed by atoms with Crippen molar-refractivity contribution in [3.63, 3.8) is 0 Å². The van der Waals surface area contributed by atoms with Crippen LogP contribution in [0.2, 0.25) is 0 Å². The normalized spacial score (nSPS) is 10.4. The van der Waals surface area contributed by atoms with Gasteiger partial charge in [-0.15, -0.1) is 0 Å². The number of imidazole rings is 1. The highest BCUT2D eigenvalue weighted by atomic mass is 19.1. The number of hydrogen-bond donors (Lipinski definition) is 1.